The van der Waals surface area contributed by atoms with Gasteiger partial charge in [0.2, 0.25) is 0 Å². The molecule has 0 amide bonds. The van der Waals surface area contributed by atoms with Crippen molar-refractivity contribution in [3.8, 4) is 0 Å². The van der Waals surface area contributed by atoms with E-state index < -0.39 is 5.97 Å². The molecule has 0 aliphatic carbocycles. The Kier molecular flexibility index (Phi) is 3.06. The molecule has 3 heteroatoms. The zero-order valence-corrected chi connectivity index (χ0v) is 9.70. The van der Waals surface area contributed by atoms with Crippen molar-refractivity contribution in [3.05, 3.63) is 57.8 Å². The van der Waals surface area contributed by atoms with Crippen molar-refractivity contribution >= 4 is 17.3 Å². The van der Waals surface area contributed by atoms with Crippen molar-refractivity contribution < 1.29 is 9.90 Å². The molecule has 1 aromatic carbocycles. The van der Waals surface area contributed by atoms with E-state index in [4.69, 9.17) is 5.11 Å². The second-order valence-corrected chi connectivity index (χ2v) is 4.61. The molecule has 0 saturated carbocycles. The number of hydrogen-bond acceptors (Lipinski definition) is 2. The minimum absolute atomic E-state index is 0.132. The fourth-order valence-corrected chi connectivity index (χ4v) is 2.56. The van der Waals surface area contributed by atoms with Gasteiger partial charge in [-0.15, -0.1) is 11.3 Å². The predicted molar refractivity (Wildman–Crippen MR) is 65.2 cm³/mol. The standard InChI is InChI=1S/C13H12O2S/c1-9(12-7-4-8-16-12)10-5-2-3-6-11(10)13(14)15/h2-9H,1H3,(H,14,15)/t9-/m0/s1. The fraction of sp³-hybridized carbons (Fsp3) is 0.154. The number of carbonyl (C=O) groups is 1. The summed E-state index contributed by atoms with van der Waals surface area (Å²) in [5.74, 6) is -0.730. The van der Waals surface area contributed by atoms with Gasteiger partial charge < -0.3 is 5.11 Å². The molecule has 16 heavy (non-hydrogen) atoms. The molecule has 2 aromatic rings. The van der Waals surface area contributed by atoms with E-state index in [-0.39, 0.29) is 5.92 Å². The molecular weight excluding hydrogens is 220 g/mol. The molecule has 1 N–H and O–H groups in total. The summed E-state index contributed by atoms with van der Waals surface area (Å²) in [5.41, 5.74) is 1.26. The van der Waals surface area contributed by atoms with Crippen LogP contribution in [0.25, 0.3) is 0 Å². The molecule has 1 heterocycles. The number of rotatable bonds is 3. The van der Waals surface area contributed by atoms with Crippen LogP contribution in [0.3, 0.4) is 0 Å². The van der Waals surface area contributed by atoms with E-state index in [2.05, 4.69) is 0 Å². The van der Waals surface area contributed by atoms with Crippen molar-refractivity contribution in [2.24, 2.45) is 0 Å². The van der Waals surface area contributed by atoms with Crippen molar-refractivity contribution in [2.45, 2.75) is 12.8 Å². The lowest BCUT2D eigenvalue weighted by Gasteiger charge is -2.12. The number of carboxylic acids is 1. The van der Waals surface area contributed by atoms with E-state index in [1.54, 1.807) is 23.5 Å². The lowest BCUT2D eigenvalue weighted by molar-refractivity contribution is 0.0695. The lowest BCUT2D eigenvalue weighted by atomic mass is 9.94. The fourth-order valence-electron chi connectivity index (χ4n) is 1.76. The van der Waals surface area contributed by atoms with Gasteiger partial charge in [0.1, 0.15) is 0 Å². The summed E-state index contributed by atoms with van der Waals surface area (Å²) >= 11 is 1.65. The number of carboxylic acid groups (broad SMARTS) is 1. The summed E-state index contributed by atoms with van der Waals surface area (Å²) < 4.78 is 0. The Morgan fingerprint density at radius 2 is 2.00 bits per heavy atom. The van der Waals surface area contributed by atoms with Gasteiger partial charge in [-0.1, -0.05) is 31.2 Å². The number of benzene rings is 1. The van der Waals surface area contributed by atoms with Crippen LogP contribution in [0.4, 0.5) is 0 Å². The van der Waals surface area contributed by atoms with Gasteiger partial charge in [-0.2, -0.15) is 0 Å². The van der Waals surface area contributed by atoms with Crippen LogP contribution < -0.4 is 0 Å². The Morgan fingerprint density at radius 1 is 1.25 bits per heavy atom. The van der Waals surface area contributed by atoms with Crippen molar-refractivity contribution in [2.75, 3.05) is 0 Å². The first-order valence-electron chi connectivity index (χ1n) is 5.05. The third kappa shape index (κ3) is 1.99. The SMILES string of the molecule is C[C@H](c1cccs1)c1ccccc1C(=O)O. The predicted octanol–water partition coefficient (Wildman–Crippen LogP) is 3.60. The average molecular weight is 232 g/mol. The third-order valence-corrected chi connectivity index (χ3v) is 3.68. The van der Waals surface area contributed by atoms with Crippen LogP contribution in [0.5, 0.6) is 0 Å². The normalized spacial score (nSPS) is 12.3. The van der Waals surface area contributed by atoms with E-state index in [0.29, 0.717) is 5.56 Å². The highest BCUT2D eigenvalue weighted by Gasteiger charge is 2.16. The molecule has 1 atom stereocenters. The van der Waals surface area contributed by atoms with E-state index in [1.807, 2.05) is 36.6 Å². The molecule has 0 fully saturated rings. The van der Waals surface area contributed by atoms with Gasteiger partial charge >= 0.3 is 5.97 Å². The van der Waals surface area contributed by atoms with Crippen LogP contribution in [-0.4, -0.2) is 11.1 Å². The molecule has 0 saturated heterocycles. The lowest BCUT2D eigenvalue weighted by Crippen LogP contribution is -2.05. The molecule has 82 valence electrons. The van der Waals surface area contributed by atoms with E-state index in [9.17, 15) is 4.79 Å². The molecule has 0 radical (unpaired) electrons. The van der Waals surface area contributed by atoms with Crippen LogP contribution >= 0.6 is 11.3 Å². The van der Waals surface area contributed by atoms with E-state index >= 15 is 0 Å². The number of aromatic carboxylic acids is 1. The molecule has 2 nitrogen and oxygen atoms in total. The minimum atomic E-state index is -0.862. The second kappa shape index (κ2) is 4.49. The first-order valence-corrected chi connectivity index (χ1v) is 5.93. The highest BCUT2D eigenvalue weighted by atomic mass is 32.1. The van der Waals surface area contributed by atoms with Crippen molar-refractivity contribution in [1.82, 2.24) is 0 Å². The highest BCUT2D eigenvalue weighted by molar-refractivity contribution is 7.10. The molecule has 0 unspecified atom stereocenters. The molecule has 2 rings (SSSR count). The largest absolute Gasteiger partial charge is 0.478 e. The van der Waals surface area contributed by atoms with Gasteiger partial charge in [0.05, 0.1) is 5.56 Å². The summed E-state index contributed by atoms with van der Waals surface area (Å²) in [6.45, 7) is 2.04. The van der Waals surface area contributed by atoms with Crippen molar-refractivity contribution in [3.63, 3.8) is 0 Å². The molecule has 0 aliphatic heterocycles. The zero-order chi connectivity index (χ0) is 11.5. The van der Waals surface area contributed by atoms with E-state index in [0.717, 1.165) is 5.56 Å². The molecule has 0 bridgehead atoms. The van der Waals surface area contributed by atoms with Gasteiger partial charge in [0.25, 0.3) is 0 Å². The van der Waals surface area contributed by atoms with Crippen LogP contribution in [0.2, 0.25) is 0 Å². The molecule has 0 spiro atoms. The summed E-state index contributed by atoms with van der Waals surface area (Å²) in [5, 5.41) is 11.1. The average Bonchev–Trinajstić information content (AvgIpc) is 2.81. The van der Waals surface area contributed by atoms with Gasteiger partial charge in [0.15, 0.2) is 0 Å². The first kappa shape index (κ1) is 10.9. The molecular formula is C13H12O2S. The Balaban J connectivity index is 2.44. The van der Waals surface area contributed by atoms with Gasteiger partial charge in [-0.25, -0.2) is 4.79 Å². The summed E-state index contributed by atoms with van der Waals surface area (Å²) in [4.78, 5) is 12.3. The van der Waals surface area contributed by atoms with Gasteiger partial charge in [-0.3, -0.25) is 0 Å². The summed E-state index contributed by atoms with van der Waals surface area (Å²) in [6, 6.07) is 11.2. The highest BCUT2D eigenvalue weighted by Crippen LogP contribution is 2.29. The Hall–Kier alpha value is -1.61. The monoisotopic (exact) mass is 232 g/mol. The van der Waals surface area contributed by atoms with Crippen LogP contribution in [0.15, 0.2) is 41.8 Å². The van der Waals surface area contributed by atoms with Crippen LogP contribution in [-0.2, 0) is 0 Å². The maximum atomic E-state index is 11.1. The van der Waals surface area contributed by atoms with E-state index in [1.165, 1.54) is 4.88 Å². The van der Waals surface area contributed by atoms with Crippen LogP contribution in [0.1, 0.15) is 33.6 Å². The maximum absolute atomic E-state index is 11.1. The Bertz CT molecular complexity index is 488. The third-order valence-electron chi connectivity index (χ3n) is 2.63. The molecule has 1 aromatic heterocycles. The zero-order valence-electron chi connectivity index (χ0n) is 8.88. The van der Waals surface area contributed by atoms with Crippen LogP contribution in [0, 0.1) is 0 Å². The number of hydrogen-bond donors (Lipinski definition) is 1. The topological polar surface area (TPSA) is 37.3 Å². The second-order valence-electron chi connectivity index (χ2n) is 3.63. The summed E-state index contributed by atoms with van der Waals surface area (Å²) in [7, 11) is 0. The van der Waals surface area contributed by atoms with Gasteiger partial charge in [0, 0.05) is 10.8 Å². The van der Waals surface area contributed by atoms with Gasteiger partial charge in [-0.05, 0) is 23.1 Å². The molecule has 0 aliphatic rings. The van der Waals surface area contributed by atoms with Crippen molar-refractivity contribution in [1.29, 1.82) is 0 Å². The Morgan fingerprint density at radius 3 is 2.62 bits per heavy atom. The Labute approximate surface area is 98.2 Å². The smallest absolute Gasteiger partial charge is 0.335 e. The number of thiophene rings is 1. The summed E-state index contributed by atoms with van der Waals surface area (Å²) in [6.07, 6.45) is 0. The minimum Gasteiger partial charge on any atom is -0.478 e. The first-order chi connectivity index (χ1) is 7.70. The maximum Gasteiger partial charge on any atom is 0.335 e. The quantitative estimate of drug-likeness (QED) is 0.878.